The molecule has 0 saturated heterocycles. The van der Waals surface area contributed by atoms with Crippen molar-refractivity contribution in [1.82, 2.24) is 3.97 Å². The van der Waals surface area contributed by atoms with E-state index in [0.717, 1.165) is 16.5 Å². The third-order valence-electron chi connectivity index (χ3n) is 5.27. The molecule has 4 heteroatoms. The van der Waals surface area contributed by atoms with Gasteiger partial charge >= 0.3 is 0 Å². The van der Waals surface area contributed by atoms with Crippen molar-refractivity contribution in [3.8, 4) is 11.3 Å². The van der Waals surface area contributed by atoms with Crippen LogP contribution in [0, 0.1) is 6.92 Å². The quantitative estimate of drug-likeness (QED) is 0.411. The van der Waals surface area contributed by atoms with Gasteiger partial charge in [-0.1, -0.05) is 80.9 Å². The van der Waals surface area contributed by atoms with Crippen LogP contribution in [-0.2, 0) is 15.4 Å². The summed E-state index contributed by atoms with van der Waals surface area (Å²) < 4.78 is 28.7. The monoisotopic (exact) mass is 403 g/mol. The van der Waals surface area contributed by atoms with Crippen molar-refractivity contribution in [3.63, 3.8) is 0 Å². The minimum atomic E-state index is -3.74. The summed E-state index contributed by atoms with van der Waals surface area (Å²) in [7, 11) is -3.74. The first kappa shape index (κ1) is 19.5. The molecule has 0 aliphatic heterocycles. The molecule has 0 atom stereocenters. The number of fused-ring (bicyclic) bond motifs is 1. The molecule has 0 unspecified atom stereocenters. The van der Waals surface area contributed by atoms with Crippen molar-refractivity contribution < 1.29 is 8.42 Å². The fourth-order valence-electron chi connectivity index (χ4n) is 3.55. The lowest BCUT2D eigenvalue weighted by atomic mass is 9.86. The van der Waals surface area contributed by atoms with E-state index in [1.807, 2.05) is 61.5 Å². The van der Waals surface area contributed by atoms with E-state index in [1.165, 1.54) is 9.54 Å². The molecule has 1 aromatic heterocycles. The second-order valence-electron chi connectivity index (χ2n) is 8.50. The Hall–Kier alpha value is -2.85. The molecule has 148 valence electrons. The Kier molecular flexibility index (Phi) is 4.62. The van der Waals surface area contributed by atoms with Crippen molar-refractivity contribution in [1.29, 1.82) is 0 Å². The summed E-state index contributed by atoms with van der Waals surface area (Å²) in [6.07, 6.45) is 0. The van der Waals surface area contributed by atoms with Crippen molar-refractivity contribution >= 4 is 20.9 Å². The third kappa shape index (κ3) is 3.49. The van der Waals surface area contributed by atoms with Gasteiger partial charge < -0.3 is 0 Å². The van der Waals surface area contributed by atoms with E-state index in [-0.39, 0.29) is 10.3 Å². The summed E-state index contributed by atoms with van der Waals surface area (Å²) in [5, 5.41) is 0.901. The number of nitrogens with zero attached hydrogens (tertiary/aromatic N) is 1. The Bertz CT molecular complexity index is 1270. The third-order valence-corrected chi connectivity index (χ3v) is 7.01. The molecule has 29 heavy (non-hydrogen) atoms. The lowest BCUT2D eigenvalue weighted by Crippen LogP contribution is -2.14. The molecule has 0 bridgehead atoms. The van der Waals surface area contributed by atoms with Crippen molar-refractivity contribution in [2.75, 3.05) is 0 Å². The van der Waals surface area contributed by atoms with Gasteiger partial charge in [-0.3, -0.25) is 0 Å². The highest BCUT2D eigenvalue weighted by Crippen LogP contribution is 2.33. The number of hydrogen-bond acceptors (Lipinski definition) is 2. The summed E-state index contributed by atoms with van der Waals surface area (Å²) in [5.74, 6) is 0. The standard InChI is InChI=1S/C25H25NO2S/c1-18-9-15-22(16-10-18)29(27,28)26-23-8-6-5-7-20(23)17-24(26)19-11-13-21(14-12-19)25(2,3)4/h5-17H,1-4H3. The molecule has 0 radical (unpaired) electrons. The molecule has 0 N–H and O–H groups in total. The van der Waals surface area contributed by atoms with Crippen LogP contribution in [0.25, 0.3) is 22.2 Å². The van der Waals surface area contributed by atoms with E-state index in [0.29, 0.717) is 11.2 Å². The van der Waals surface area contributed by atoms with Crippen molar-refractivity contribution in [3.05, 3.63) is 90.0 Å². The summed E-state index contributed by atoms with van der Waals surface area (Å²) in [6.45, 7) is 8.45. The molecule has 3 aromatic carbocycles. The summed E-state index contributed by atoms with van der Waals surface area (Å²) >= 11 is 0. The van der Waals surface area contributed by atoms with Crippen molar-refractivity contribution in [2.45, 2.75) is 38.0 Å². The molecule has 4 rings (SSSR count). The van der Waals surface area contributed by atoms with Gasteiger partial charge in [-0.15, -0.1) is 0 Å². The van der Waals surface area contributed by atoms with Crippen LogP contribution in [0.2, 0.25) is 0 Å². The molecular formula is C25H25NO2S. The number of rotatable bonds is 3. The van der Waals surface area contributed by atoms with Gasteiger partial charge in [0.25, 0.3) is 10.0 Å². The van der Waals surface area contributed by atoms with Crippen LogP contribution < -0.4 is 0 Å². The van der Waals surface area contributed by atoms with Crippen LogP contribution in [-0.4, -0.2) is 12.4 Å². The minimum absolute atomic E-state index is 0.0409. The first-order valence-corrected chi connectivity index (χ1v) is 11.2. The van der Waals surface area contributed by atoms with Gasteiger partial charge in [-0.2, -0.15) is 0 Å². The topological polar surface area (TPSA) is 39.1 Å². The van der Waals surface area contributed by atoms with E-state index in [1.54, 1.807) is 12.1 Å². The van der Waals surface area contributed by atoms with Gasteiger partial charge in [0.15, 0.2) is 0 Å². The predicted molar refractivity (Wildman–Crippen MR) is 120 cm³/mol. The van der Waals surface area contributed by atoms with Crippen LogP contribution >= 0.6 is 0 Å². The van der Waals surface area contributed by atoms with Gasteiger partial charge in [0.2, 0.25) is 0 Å². The average molecular weight is 404 g/mol. The molecule has 4 aromatic rings. The first-order chi connectivity index (χ1) is 13.7. The minimum Gasteiger partial charge on any atom is -0.233 e. The summed E-state index contributed by atoms with van der Waals surface area (Å²) in [4.78, 5) is 0.289. The normalized spacial score (nSPS) is 12.4. The smallest absolute Gasteiger partial charge is 0.233 e. The molecule has 0 amide bonds. The molecule has 0 saturated carbocycles. The number of aromatic nitrogens is 1. The first-order valence-electron chi connectivity index (χ1n) is 9.71. The van der Waals surface area contributed by atoms with Gasteiger partial charge in [0.1, 0.15) is 0 Å². The Morgan fingerprint density at radius 1 is 0.793 bits per heavy atom. The van der Waals surface area contributed by atoms with Crippen LogP contribution in [0.15, 0.2) is 83.8 Å². The highest BCUT2D eigenvalue weighted by atomic mass is 32.2. The Labute approximate surface area is 172 Å². The van der Waals surface area contributed by atoms with E-state index in [9.17, 15) is 8.42 Å². The van der Waals surface area contributed by atoms with Crippen molar-refractivity contribution in [2.24, 2.45) is 0 Å². The summed E-state index contributed by atoms with van der Waals surface area (Å²) in [5.41, 5.74) is 4.52. The number of para-hydroxylation sites is 1. The second kappa shape index (κ2) is 6.89. The number of hydrogen-bond donors (Lipinski definition) is 0. The fraction of sp³-hybridized carbons (Fsp3) is 0.200. The molecule has 3 nitrogen and oxygen atoms in total. The van der Waals surface area contributed by atoms with E-state index in [2.05, 4.69) is 32.9 Å². The Morgan fingerprint density at radius 3 is 2.03 bits per heavy atom. The lowest BCUT2D eigenvalue weighted by molar-refractivity contribution is 0.588. The maximum atomic E-state index is 13.6. The van der Waals surface area contributed by atoms with Gasteiger partial charge in [-0.05, 0) is 47.7 Å². The summed E-state index contributed by atoms with van der Waals surface area (Å²) in [6, 6.07) is 24.7. The van der Waals surface area contributed by atoms with E-state index >= 15 is 0 Å². The fourth-order valence-corrected chi connectivity index (χ4v) is 5.08. The predicted octanol–water partition coefficient (Wildman–Crippen LogP) is 6.15. The Balaban J connectivity index is 1.96. The lowest BCUT2D eigenvalue weighted by Gasteiger charge is -2.19. The largest absolute Gasteiger partial charge is 0.268 e. The van der Waals surface area contributed by atoms with Gasteiger partial charge in [0, 0.05) is 5.39 Å². The van der Waals surface area contributed by atoms with Gasteiger partial charge in [-0.25, -0.2) is 12.4 Å². The number of benzene rings is 3. The molecular weight excluding hydrogens is 378 g/mol. The SMILES string of the molecule is Cc1ccc(S(=O)(=O)n2c(-c3ccc(C(C)(C)C)cc3)cc3ccccc32)cc1. The maximum Gasteiger partial charge on any atom is 0.268 e. The van der Waals surface area contributed by atoms with E-state index in [4.69, 9.17) is 0 Å². The molecule has 0 aliphatic carbocycles. The number of aryl methyl sites for hydroxylation is 1. The Morgan fingerprint density at radius 2 is 1.41 bits per heavy atom. The molecule has 0 fully saturated rings. The van der Waals surface area contributed by atoms with Crippen LogP contribution in [0.1, 0.15) is 31.9 Å². The van der Waals surface area contributed by atoms with Crippen LogP contribution in [0.3, 0.4) is 0 Å². The maximum absolute atomic E-state index is 13.6. The molecule has 0 spiro atoms. The van der Waals surface area contributed by atoms with Gasteiger partial charge in [0.05, 0.1) is 16.1 Å². The average Bonchev–Trinajstić information content (AvgIpc) is 3.08. The zero-order valence-corrected chi connectivity index (χ0v) is 18.0. The zero-order valence-electron chi connectivity index (χ0n) is 17.2. The van der Waals surface area contributed by atoms with E-state index < -0.39 is 10.0 Å². The molecule has 1 heterocycles. The molecule has 0 aliphatic rings. The zero-order chi connectivity index (χ0) is 20.8. The van der Waals surface area contributed by atoms with Crippen LogP contribution in [0.4, 0.5) is 0 Å². The second-order valence-corrected chi connectivity index (χ2v) is 10.3. The highest BCUT2D eigenvalue weighted by molar-refractivity contribution is 7.90. The highest BCUT2D eigenvalue weighted by Gasteiger charge is 2.24. The van der Waals surface area contributed by atoms with Crippen LogP contribution in [0.5, 0.6) is 0 Å².